The van der Waals surface area contributed by atoms with Crippen molar-refractivity contribution in [3.05, 3.63) is 93.0 Å². The lowest BCUT2D eigenvalue weighted by molar-refractivity contribution is -0.119. The second kappa shape index (κ2) is 17.0. The third-order valence-electron chi connectivity index (χ3n) is 10.7. The Kier molecular flexibility index (Phi) is 12.0. The van der Waals surface area contributed by atoms with Crippen LogP contribution in [-0.2, 0) is 29.0 Å². The number of carbonyl (C=O) groups is 2. The first kappa shape index (κ1) is 38.0. The van der Waals surface area contributed by atoms with Crippen molar-refractivity contribution in [2.45, 2.75) is 89.5 Å². The van der Waals surface area contributed by atoms with Gasteiger partial charge >= 0.3 is 6.61 Å². The number of benzene rings is 3. The van der Waals surface area contributed by atoms with Gasteiger partial charge in [0, 0.05) is 54.1 Å². The quantitative estimate of drug-likeness (QED) is 0.124. The van der Waals surface area contributed by atoms with Crippen LogP contribution in [0.4, 0.5) is 8.78 Å². The molecular formula is C42H43Cl2F2N3O5. The molecule has 1 aromatic heterocycles. The minimum Gasteiger partial charge on any atom is -0.481 e. The van der Waals surface area contributed by atoms with Gasteiger partial charge in [-0.2, -0.15) is 13.8 Å². The Hall–Kier alpha value is -4.25. The smallest absolute Gasteiger partial charge is 0.387 e. The number of nitrogens with one attached hydrogen (secondary N) is 2. The van der Waals surface area contributed by atoms with Crippen LogP contribution in [0, 0.1) is 5.92 Å². The molecule has 2 fully saturated rings. The van der Waals surface area contributed by atoms with Crippen LogP contribution in [0.2, 0.25) is 10.0 Å². The molecule has 1 amide bonds. The zero-order valence-corrected chi connectivity index (χ0v) is 31.6. The van der Waals surface area contributed by atoms with Crippen LogP contribution in [0.1, 0.15) is 79.7 Å². The lowest BCUT2D eigenvalue weighted by Gasteiger charge is -2.18. The van der Waals surface area contributed by atoms with Crippen LogP contribution in [0.15, 0.2) is 60.7 Å². The number of methoxy groups -OCH3 is 1. The van der Waals surface area contributed by atoms with Crippen LogP contribution in [0.3, 0.4) is 0 Å². The highest BCUT2D eigenvalue weighted by Gasteiger charge is 2.29. The third kappa shape index (κ3) is 8.66. The summed E-state index contributed by atoms with van der Waals surface area (Å²) in [4.78, 5) is 27.9. The van der Waals surface area contributed by atoms with Crippen LogP contribution in [0.5, 0.6) is 17.5 Å². The summed E-state index contributed by atoms with van der Waals surface area (Å²) in [5.41, 5.74) is 6.73. The maximum Gasteiger partial charge on any atom is 0.387 e. The first-order valence-electron chi connectivity index (χ1n) is 18.6. The molecule has 284 valence electrons. The number of nitrogens with zero attached hydrogens (tertiary/aromatic N) is 1. The molecule has 12 heteroatoms. The zero-order valence-electron chi connectivity index (χ0n) is 30.1. The summed E-state index contributed by atoms with van der Waals surface area (Å²) in [6.45, 7) is -2.02. The van der Waals surface area contributed by atoms with Gasteiger partial charge in [-0.1, -0.05) is 71.7 Å². The topological polar surface area (TPSA) is 98.8 Å². The first-order chi connectivity index (χ1) is 26.2. The van der Waals surface area contributed by atoms with E-state index >= 15 is 0 Å². The minimum atomic E-state index is -2.99. The van der Waals surface area contributed by atoms with Crippen LogP contribution in [0.25, 0.3) is 22.3 Å². The average Bonchev–Trinajstić information content (AvgIpc) is 3.89. The fourth-order valence-electron chi connectivity index (χ4n) is 8.00. The zero-order chi connectivity index (χ0) is 37.8. The van der Waals surface area contributed by atoms with E-state index in [-0.39, 0.29) is 35.5 Å². The lowest BCUT2D eigenvalue weighted by atomic mass is 9.93. The summed E-state index contributed by atoms with van der Waals surface area (Å²) in [5, 5.41) is 7.22. The molecule has 7 rings (SSSR count). The van der Waals surface area contributed by atoms with Crippen molar-refractivity contribution in [1.29, 1.82) is 0 Å². The number of Topliss-reactive ketones (excluding diaryl/α,β-unsaturated/α-hetero) is 1. The van der Waals surface area contributed by atoms with Crippen molar-refractivity contribution in [2.75, 3.05) is 13.7 Å². The van der Waals surface area contributed by atoms with E-state index in [0.717, 1.165) is 59.9 Å². The largest absolute Gasteiger partial charge is 0.481 e. The molecule has 54 heavy (non-hydrogen) atoms. The van der Waals surface area contributed by atoms with Crippen LogP contribution in [-0.4, -0.2) is 43.0 Å². The minimum absolute atomic E-state index is 0.0792. The molecule has 8 nitrogen and oxygen atoms in total. The maximum absolute atomic E-state index is 13.5. The van der Waals surface area contributed by atoms with Gasteiger partial charge in [0.05, 0.1) is 12.1 Å². The number of hydrogen-bond donors (Lipinski definition) is 2. The summed E-state index contributed by atoms with van der Waals surface area (Å²) in [7, 11) is 1.58. The van der Waals surface area contributed by atoms with Gasteiger partial charge in [0.1, 0.15) is 22.7 Å². The van der Waals surface area contributed by atoms with E-state index in [4.69, 9.17) is 37.4 Å². The predicted molar refractivity (Wildman–Crippen MR) is 205 cm³/mol. The van der Waals surface area contributed by atoms with Gasteiger partial charge in [-0.05, 0) is 91.8 Å². The number of ether oxygens (including phenoxy) is 3. The van der Waals surface area contributed by atoms with Gasteiger partial charge in [0.25, 0.3) is 0 Å². The maximum atomic E-state index is 13.5. The number of alkyl halides is 2. The number of aromatic nitrogens is 1. The van der Waals surface area contributed by atoms with E-state index in [1.807, 2.05) is 48.5 Å². The third-order valence-corrected chi connectivity index (χ3v) is 11.4. The van der Waals surface area contributed by atoms with Crippen molar-refractivity contribution in [2.24, 2.45) is 5.92 Å². The second-order valence-corrected chi connectivity index (χ2v) is 15.1. The van der Waals surface area contributed by atoms with Gasteiger partial charge in [0.2, 0.25) is 17.7 Å². The first-order valence-corrected chi connectivity index (χ1v) is 19.3. The molecule has 3 atom stereocenters. The number of ketones is 1. The predicted octanol–water partition coefficient (Wildman–Crippen LogP) is 9.46. The standard InChI is InChI=1S/C42H43Cl2F2N3O5/c1-52-40-26(5-2-6-28-14-18-38(51)48-28)20-35(43)41(49-40)53-36-17-16-32-31(8-4-9-33(32)36)34-10-3-7-30(39(34)44)25-12-13-27(37(21-25)54-42(45)46)23-47-22-24-11-15-29(50)19-24/h3-4,7-10,12-13,20-21,24,28,36,42,47H,2,5-6,11,14-19,22-23H2,1H3,(H,48,51)/t24-,28-,36+/m1/s1. The van der Waals surface area contributed by atoms with E-state index in [0.29, 0.717) is 83.7 Å². The molecule has 1 saturated carbocycles. The van der Waals surface area contributed by atoms with Gasteiger partial charge < -0.3 is 24.8 Å². The molecule has 0 unspecified atom stereocenters. The van der Waals surface area contributed by atoms with Crippen molar-refractivity contribution < 1.29 is 32.6 Å². The Labute approximate surface area is 323 Å². The highest BCUT2D eigenvalue weighted by atomic mass is 35.5. The van der Waals surface area contributed by atoms with Crippen molar-refractivity contribution in [3.8, 4) is 39.8 Å². The van der Waals surface area contributed by atoms with Gasteiger partial charge in [-0.15, -0.1) is 0 Å². The van der Waals surface area contributed by atoms with E-state index in [1.165, 1.54) is 0 Å². The second-order valence-electron chi connectivity index (χ2n) is 14.3. The summed E-state index contributed by atoms with van der Waals surface area (Å²) in [6, 6.07) is 19.1. The van der Waals surface area contributed by atoms with Crippen molar-refractivity contribution in [3.63, 3.8) is 0 Å². The molecule has 3 aromatic carbocycles. The summed E-state index contributed by atoms with van der Waals surface area (Å²) >= 11 is 13.9. The molecule has 1 aliphatic heterocycles. The fraction of sp³-hybridized carbons (Fsp3) is 0.405. The summed E-state index contributed by atoms with van der Waals surface area (Å²) in [5.74, 6) is 1.49. The number of carbonyl (C=O) groups excluding carboxylic acids is 2. The number of fused-ring (bicyclic) bond motifs is 1. The van der Waals surface area contributed by atoms with Gasteiger partial charge in [-0.3, -0.25) is 9.59 Å². The fourth-order valence-corrected chi connectivity index (χ4v) is 8.56. The van der Waals surface area contributed by atoms with Gasteiger partial charge in [-0.25, -0.2) is 0 Å². The molecule has 4 aromatic rings. The highest BCUT2D eigenvalue weighted by Crippen LogP contribution is 2.45. The SMILES string of the molecule is COc1nc(O[C@H]2CCc3c(-c4cccc(-c5ccc(CNC[C@@H]6CCC(=O)C6)c(OC(F)F)c5)c4Cl)cccc32)c(Cl)cc1CCC[C@@H]1CCC(=O)N1. The summed E-state index contributed by atoms with van der Waals surface area (Å²) in [6.07, 6.45) is 7.06. The van der Waals surface area contributed by atoms with E-state index in [2.05, 4.69) is 15.6 Å². The molecular weight excluding hydrogens is 735 g/mol. The molecule has 0 bridgehead atoms. The monoisotopic (exact) mass is 777 g/mol. The number of hydrogen-bond acceptors (Lipinski definition) is 7. The summed E-state index contributed by atoms with van der Waals surface area (Å²) < 4.78 is 44.2. The number of halogens is 4. The lowest BCUT2D eigenvalue weighted by Crippen LogP contribution is -2.25. The highest BCUT2D eigenvalue weighted by molar-refractivity contribution is 6.36. The van der Waals surface area contributed by atoms with Crippen LogP contribution >= 0.6 is 23.2 Å². The number of rotatable bonds is 15. The molecule has 2 aliphatic carbocycles. The van der Waals surface area contributed by atoms with Crippen molar-refractivity contribution >= 4 is 34.9 Å². The molecule has 0 spiro atoms. The Bertz CT molecular complexity index is 2030. The molecule has 2 N–H and O–H groups in total. The Balaban J connectivity index is 1.08. The Morgan fingerprint density at radius 3 is 2.50 bits per heavy atom. The molecule has 0 radical (unpaired) electrons. The number of amides is 1. The Morgan fingerprint density at radius 2 is 1.74 bits per heavy atom. The van der Waals surface area contributed by atoms with Crippen molar-refractivity contribution in [1.82, 2.24) is 15.6 Å². The molecule has 3 aliphatic rings. The Morgan fingerprint density at radius 1 is 0.926 bits per heavy atom. The molecule has 2 heterocycles. The van der Waals surface area contributed by atoms with E-state index in [9.17, 15) is 18.4 Å². The number of pyridine rings is 1. The van der Waals surface area contributed by atoms with E-state index < -0.39 is 6.61 Å². The number of aryl methyl sites for hydroxylation is 1. The normalized spacial score (nSPS) is 19.3. The molecule has 1 saturated heterocycles. The van der Waals surface area contributed by atoms with Crippen LogP contribution < -0.4 is 24.8 Å². The van der Waals surface area contributed by atoms with E-state index in [1.54, 1.807) is 19.2 Å². The average molecular weight is 779 g/mol. The van der Waals surface area contributed by atoms with Gasteiger partial charge in [0.15, 0.2) is 0 Å².